The lowest BCUT2D eigenvalue weighted by Gasteiger charge is -2.13. The molecule has 1 aliphatic rings. The number of H-pyrrole nitrogens is 1. The number of hydrogen-bond acceptors (Lipinski definition) is 3. The molecule has 4 heteroatoms. The van der Waals surface area contributed by atoms with Crippen LogP contribution in [0.15, 0.2) is 4.79 Å². The third kappa shape index (κ3) is 1.36. The maximum Gasteiger partial charge on any atom is 0.305 e. The topological polar surface area (TPSA) is 32.9 Å². The van der Waals surface area contributed by atoms with E-state index in [0.29, 0.717) is 0 Å². The van der Waals surface area contributed by atoms with Gasteiger partial charge in [-0.15, -0.1) is 0 Å². The second-order valence-corrected chi connectivity index (χ2v) is 4.62. The molecule has 0 spiro atoms. The highest BCUT2D eigenvalue weighted by molar-refractivity contribution is 7.73. The normalized spacial score (nSPS) is 15.7. The van der Waals surface area contributed by atoms with Crippen molar-refractivity contribution in [1.82, 2.24) is 4.98 Å². The van der Waals surface area contributed by atoms with Crippen LogP contribution in [0.5, 0.6) is 0 Å². The number of hydrogen-bond donors (Lipinski definition) is 1. The predicted molar refractivity (Wildman–Crippen MR) is 52.4 cm³/mol. The van der Waals surface area contributed by atoms with E-state index in [-0.39, 0.29) is 4.87 Å². The van der Waals surface area contributed by atoms with Crippen molar-refractivity contribution in [3.63, 3.8) is 0 Å². The summed E-state index contributed by atoms with van der Waals surface area (Å²) in [5, 5.41) is 0. The fourth-order valence-corrected chi connectivity index (χ4v) is 2.71. The number of aromatic amines is 1. The smallest absolute Gasteiger partial charge is 0.305 e. The van der Waals surface area contributed by atoms with E-state index in [1.165, 1.54) is 18.4 Å². The van der Waals surface area contributed by atoms with Crippen molar-refractivity contribution in [1.29, 1.82) is 0 Å². The van der Waals surface area contributed by atoms with E-state index in [1.807, 2.05) is 0 Å². The summed E-state index contributed by atoms with van der Waals surface area (Å²) in [5.74, 6) is 0. The minimum Gasteiger partial charge on any atom is -0.317 e. The Balaban J connectivity index is 2.68. The molecule has 0 atom stereocenters. The summed E-state index contributed by atoms with van der Waals surface area (Å²) in [7, 11) is 0. The van der Waals surface area contributed by atoms with Crippen molar-refractivity contribution in [2.24, 2.45) is 0 Å². The zero-order valence-electron chi connectivity index (χ0n) is 6.55. The van der Waals surface area contributed by atoms with Gasteiger partial charge in [0.15, 0.2) is 0 Å². The fourth-order valence-electron chi connectivity index (χ4n) is 1.56. The highest BCUT2D eigenvalue weighted by Crippen LogP contribution is 2.19. The Hall–Kier alpha value is -0.480. The summed E-state index contributed by atoms with van der Waals surface area (Å²) in [6.45, 7) is 0. The van der Waals surface area contributed by atoms with E-state index in [9.17, 15) is 4.79 Å². The molecule has 0 unspecified atom stereocenters. The number of fused-ring (bicyclic) bond motifs is 1. The predicted octanol–water partition coefficient (Wildman–Crippen LogP) is 2.04. The largest absolute Gasteiger partial charge is 0.317 e. The molecule has 12 heavy (non-hydrogen) atoms. The van der Waals surface area contributed by atoms with Gasteiger partial charge in [0.2, 0.25) is 0 Å². The van der Waals surface area contributed by atoms with Crippen molar-refractivity contribution >= 4 is 23.6 Å². The second-order valence-electron chi connectivity index (χ2n) is 2.97. The monoisotopic (exact) mass is 199 g/mol. The molecule has 1 aromatic heterocycles. The van der Waals surface area contributed by atoms with E-state index in [4.69, 9.17) is 12.2 Å². The first-order valence-electron chi connectivity index (χ1n) is 4.02. The van der Waals surface area contributed by atoms with E-state index in [0.717, 1.165) is 33.7 Å². The van der Waals surface area contributed by atoms with Gasteiger partial charge in [0.05, 0.1) is 0 Å². The lowest BCUT2D eigenvalue weighted by molar-refractivity contribution is 0.668. The van der Waals surface area contributed by atoms with Crippen molar-refractivity contribution in [3.05, 3.63) is 24.7 Å². The lowest BCUT2D eigenvalue weighted by Crippen LogP contribution is -2.12. The molecule has 0 fully saturated rings. The van der Waals surface area contributed by atoms with Gasteiger partial charge < -0.3 is 4.98 Å². The zero-order chi connectivity index (χ0) is 8.55. The summed E-state index contributed by atoms with van der Waals surface area (Å²) in [6, 6.07) is 0. The average molecular weight is 199 g/mol. The molecular formula is C8H9NOS2. The minimum atomic E-state index is -0.0133. The molecule has 1 aromatic rings. The van der Waals surface area contributed by atoms with Gasteiger partial charge in [-0.3, -0.25) is 4.79 Å². The van der Waals surface area contributed by atoms with Crippen molar-refractivity contribution in [3.8, 4) is 0 Å². The van der Waals surface area contributed by atoms with Crippen LogP contribution in [-0.4, -0.2) is 4.98 Å². The van der Waals surface area contributed by atoms with Gasteiger partial charge in [0, 0.05) is 5.69 Å². The van der Waals surface area contributed by atoms with E-state index < -0.39 is 0 Å². The molecule has 0 amide bonds. The second kappa shape index (κ2) is 3.11. The summed E-state index contributed by atoms with van der Waals surface area (Å²) in [5.41, 5.74) is 2.29. The Labute approximate surface area is 79.3 Å². The molecule has 64 valence electrons. The van der Waals surface area contributed by atoms with E-state index in [2.05, 4.69) is 4.98 Å². The Kier molecular flexibility index (Phi) is 2.11. The van der Waals surface area contributed by atoms with Crippen LogP contribution in [-0.2, 0) is 12.8 Å². The molecule has 0 aromatic carbocycles. The zero-order valence-corrected chi connectivity index (χ0v) is 8.19. The summed E-state index contributed by atoms with van der Waals surface area (Å²) in [4.78, 5) is 13.9. The van der Waals surface area contributed by atoms with Gasteiger partial charge in [0.25, 0.3) is 0 Å². The van der Waals surface area contributed by atoms with Crippen molar-refractivity contribution in [2.75, 3.05) is 0 Å². The Morgan fingerprint density at radius 2 is 2.08 bits per heavy atom. The molecule has 2 nitrogen and oxygen atoms in total. The highest BCUT2D eigenvalue weighted by atomic mass is 32.1. The molecule has 0 saturated heterocycles. The molecule has 0 bridgehead atoms. The molecule has 2 rings (SSSR count). The number of rotatable bonds is 0. The Morgan fingerprint density at radius 3 is 2.92 bits per heavy atom. The molecule has 0 aliphatic heterocycles. The van der Waals surface area contributed by atoms with Crippen LogP contribution in [0, 0.1) is 3.82 Å². The maximum absolute atomic E-state index is 11.1. The Morgan fingerprint density at radius 1 is 1.33 bits per heavy atom. The minimum absolute atomic E-state index is 0.0133. The van der Waals surface area contributed by atoms with Gasteiger partial charge in [-0.1, -0.05) is 23.6 Å². The van der Waals surface area contributed by atoms with Crippen LogP contribution < -0.4 is 4.87 Å². The van der Waals surface area contributed by atoms with Gasteiger partial charge in [0.1, 0.15) is 3.82 Å². The van der Waals surface area contributed by atoms with Crippen LogP contribution in [0.2, 0.25) is 0 Å². The van der Waals surface area contributed by atoms with Crippen LogP contribution >= 0.6 is 23.6 Å². The summed E-state index contributed by atoms with van der Waals surface area (Å²) < 4.78 is 0.786. The van der Waals surface area contributed by atoms with E-state index >= 15 is 0 Å². The average Bonchev–Trinajstić information content (AvgIpc) is 2.04. The number of nitrogens with one attached hydrogen (secondary N) is 1. The Bertz CT molecular complexity index is 404. The van der Waals surface area contributed by atoms with Crippen LogP contribution in [0.25, 0.3) is 0 Å². The lowest BCUT2D eigenvalue weighted by atomic mass is 9.98. The molecule has 1 N–H and O–H groups in total. The number of aromatic nitrogens is 1. The van der Waals surface area contributed by atoms with E-state index in [1.54, 1.807) is 0 Å². The first kappa shape index (κ1) is 8.13. The highest BCUT2D eigenvalue weighted by Gasteiger charge is 2.11. The maximum atomic E-state index is 11.1. The first-order valence-corrected chi connectivity index (χ1v) is 5.25. The van der Waals surface area contributed by atoms with Crippen molar-refractivity contribution in [2.45, 2.75) is 25.7 Å². The summed E-state index contributed by atoms with van der Waals surface area (Å²) in [6.07, 6.45) is 4.41. The van der Waals surface area contributed by atoms with Gasteiger partial charge in [-0.05, 0) is 31.2 Å². The molecule has 0 radical (unpaired) electrons. The van der Waals surface area contributed by atoms with Gasteiger partial charge in [-0.2, -0.15) is 0 Å². The third-order valence-corrected chi connectivity index (χ3v) is 3.37. The first-order chi connectivity index (χ1) is 5.77. The number of aryl methyl sites for hydroxylation is 1. The molecule has 0 saturated carbocycles. The SMILES string of the molecule is O=c1[nH]c2c(c(=S)s1)CCCC2. The van der Waals surface area contributed by atoms with Crippen LogP contribution in [0.3, 0.4) is 0 Å². The molecular weight excluding hydrogens is 190 g/mol. The summed E-state index contributed by atoms with van der Waals surface area (Å²) >= 11 is 6.28. The van der Waals surface area contributed by atoms with Crippen molar-refractivity contribution < 1.29 is 0 Å². The van der Waals surface area contributed by atoms with Gasteiger partial charge in [-0.25, -0.2) is 0 Å². The standard InChI is InChI=1S/C8H9NOS2/c10-8-9-6-4-2-1-3-5(6)7(11)12-8/h1-4H2,(H,9,10). The van der Waals surface area contributed by atoms with Crippen LogP contribution in [0.4, 0.5) is 0 Å². The van der Waals surface area contributed by atoms with Crippen LogP contribution in [0.1, 0.15) is 24.1 Å². The third-order valence-electron chi connectivity index (χ3n) is 2.15. The quantitative estimate of drug-likeness (QED) is 0.649. The molecule has 1 heterocycles. The fraction of sp³-hybridized carbons (Fsp3) is 0.500. The molecule has 1 aliphatic carbocycles. The van der Waals surface area contributed by atoms with Gasteiger partial charge >= 0.3 is 4.87 Å².